The Morgan fingerprint density at radius 1 is 1.44 bits per heavy atom. The Morgan fingerprint density at radius 2 is 2.06 bits per heavy atom. The summed E-state index contributed by atoms with van der Waals surface area (Å²) in [6.45, 7) is 1.82. The molecular weight excluding hydrogens is 230 g/mol. The van der Waals surface area contributed by atoms with Crippen LogP contribution in [-0.4, -0.2) is 20.6 Å². The van der Waals surface area contributed by atoms with Crippen molar-refractivity contribution in [3.8, 4) is 0 Å². The standard InChI is InChI=1S/C10H13NO4S/c1-3-7-8(5-4-6-9(7)11)10(12)15-16(2,13)14/h4-6H,3,11H2,1-2H3. The highest BCUT2D eigenvalue weighted by Crippen LogP contribution is 2.19. The molecule has 0 fully saturated rings. The van der Waals surface area contributed by atoms with Crippen molar-refractivity contribution in [1.82, 2.24) is 0 Å². The average Bonchev–Trinajstić information content (AvgIpc) is 2.14. The molecule has 1 aromatic rings. The van der Waals surface area contributed by atoms with E-state index in [1.165, 1.54) is 6.07 Å². The second-order valence-corrected chi connectivity index (χ2v) is 4.88. The van der Waals surface area contributed by atoms with Crippen molar-refractivity contribution in [2.75, 3.05) is 12.0 Å². The van der Waals surface area contributed by atoms with Gasteiger partial charge in [0.15, 0.2) is 0 Å². The van der Waals surface area contributed by atoms with E-state index in [0.717, 1.165) is 6.26 Å². The van der Waals surface area contributed by atoms with Crippen molar-refractivity contribution in [2.24, 2.45) is 0 Å². The van der Waals surface area contributed by atoms with Gasteiger partial charge in [-0.1, -0.05) is 13.0 Å². The van der Waals surface area contributed by atoms with E-state index in [9.17, 15) is 13.2 Å². The zero-order valence-corrected chi connectivity index (χ0v) is 9.87. The summed E-state index contributed by atoms with van der Waals surface area (Å²) in [6, 6.07) is 4.71. The van der Waals surface area contributed by atoms with E-state index >= 15 is 0 Å². The number of anilines is 1. The molecule has 0 saturated heterocycles. The van der Waals surface area contributed by atoms with Crippen molar-refractivity contribution >= 4 is 21.8 Å². The predicted octanol–water partition coefficient (Wildman–Crippen LogP) is 0.948. The van der Waals surface area contributed by atoms with Crippen LogP contribution in [0.2, 0.25) is 0 Å². The van der Waals surface area contributed by atoms with Gasteiger partial charge < -0.3 is 9.92 Å². The van der Waals surface area contributed by atoms with Gasteiger partial charge >= 0.3 is 16.1 Å². The number of nitrogen functional groups attached to an aromatic ring is 1. The van der Waals surface area contributed by atoms with Gasteiger partial charge in [-0.3, -0.25) is 0 Å². The van der Waals surface area contributed by atoms with E-state index < -0.39 is 16.1 Å². The van der Waals surface area contributed by atoms with Crippen molar-refractivity contribution < 1.29 is 17.4 Å². The van der Waals surface area contributed by atoms with Gasteiger partial charge in [-0.25, -0.2) is 4.79 Å². The van der Waals surface area contributed by atoms with Crippen LogP contribution in [0.3, 0.4) is 0 Å². The Bertz CT molecular complexity index is 508. The Labute approximate surface area is 94.3 Å². The van der Waals surface area contributed by atoms with Gasteiger partial charge in [0.1, 0.15) is 0 Å². The third-order valence-corrected chi connectivity index (χ3v) is 2.47. The van der Waals surface area contributed by atoms with Crippen LogP contribution in [0.15, 0.2) is 18.2 Å². The average molecular weight is 243 g/mol. The molecule has 0 aliphatic rings. The molecule has 0 atom stereocenters. The van der Waals surface area contributed by atoms with E-state index in [2.05, 4.69) is 4.18 Å². The molecule has 16 heavy (non-hydrogen) atoms. The lowest BCUT2D eigenvalue weighted by atomic mass is 10.0. The molecule has 0 aliphatic carbocycles. The fourth-order valence-corrected chi connectivity index (χ4v) is 1.74. The number of carbonyl (C=O) groups excluding carboxylic acids is 1. The maximum Gasteiger partial charge on any atom is 0.354 e. The molecule has 88 valence electrons. The Kier molecular flexibility index (Phi) is 3.54. The second kappa shape index (κ2) is 4.52. The largest absolute Gasteiger partial charge is 0.398 e. The van der Waals surface area contributed by atoms with Gasteiger partial charge in [0, 0.05) is 5.69 Å². The molecule has 0 spiro atoms. The number of hydrogen-bond donors (Lipinski definition) is 1. The smallest absolute Gasteiger partial charge is 0.354 e. The molecule has 0 aliphatic heterocycles. The first kappa shape index (κ1) is 12.5. The summed E-state index contributed by atoms with van der Waals surface area (Å²) < 4.78 is 25.9. The van der Waals surface area contributed by atoms with Gasteiger partial charge in [-0.2, -0.15) is 8.42 Å². The third-order valence-electron chi connectivity index (χ3n) is 2.01. The van der Waals surface area contributed by atoms with Gasteiger partial charge in [0.25, 0.3) is 0 Å². The molecule has 0 unspecified atom stereocenters. The van der Waals surface area contributed by atoms with Crippen molar-refractivity contribution in [3.05, 3.63) is 29.3 Å². The first-order valence-electron chi connectivity index (χ1n) is 4.66. The van der Waals surface area contributed by atoms with Crippen LogP contribution in [0.1, 0.15) is 22.8 Å². The molecule has 1 rings (SSSR count). The van der Waals surface area contributed by atoms with Gasteiger partial charge in [0.2, 0.25) is 0 Å². The summed E-state index contributed by atoms with van der Waals surface area (Å²) >= 11 is 0. The van der Waals surface area contributed by atoms with E-state index in [0.29, 0.717) is 17.7 Å². The summed E-state index contributed by atoms with van der Waals surface area (Å²) in [4.78, 5) is 11.5. The van der Waals surface area contributed by atoms with Crippen LogP contribution >= 0.6 is 0 Å². The SMILES string of the molecule is CCc1c(N)cccc1C(=O)OS(C)(=O)=O. The normalized spacial score (nSPS) is 11.1. The highest BCUT2D eigenvalue weighted by molar-refractivity contribution is 7.86. The number of nitrogens with two attached hydrogens (primary N) is 1. The monoisotopic (exact) mass is 243 g/mol. The molecule has 0 heterocycles. The summed E-state index contributed by atoms with van der Waals surface area (Å²) in [5, 5.41) is 0. The predicted molar refractivity (Wildman–Crippen MR) is 60.5 cm³/mol. The first-order chi connectivity index (χ1) is 7.35. The minimum atomic E-state index is -3.80. The summed E-state index contributed by atoms with van der Waals surface area (Å²) in [7, 11) is -3.80. The molecule has 5 nitrogen and oxygen atoms in total. The maximum absolute atomic E-state index is 11.5. The maximum atomic E-state index is 11.5. The Hall–Kier alpha value is -1.56. The van der Waals surface area contributed by atoms with Crippen molar-refractivity contribution in [1.29, 1.82) is 0 Å². The lowest BCUT2D eigenvalue weighted by Crippen LogP contribution is -2.14. The van der Waals surface area contributed by atoms with Gasteiger partial charge in [-0.15, -0.1) is 0 Å². The van der Waals surface area contributed by atoms with Crippen LogP contribution in [0.25, 0.3) is 0 Å². The number of hydrogen-bond acceptors (Lipinski definition) is 5. The van der Waals surface area contributed by atoms with Crippen LogP contribution < -0.4 is 5.73 Å². The van der Waals surface area contributed by atoms with Crippen LogP contribution in [0.4, 0.5) is 5.69 Å². The molecule has 0 saturated carbocycles. The second-order valence-electron chi connectivity index (χ2n) is 3.30. The van der Waals surface area contributed by atoms with E-state index in [4.69, 9.17) is 5.73 Å². The van der Waals surface area contributed by atoms with Crippen molar-refractivity contribution in [3.63, 3.8) is 0 Å². The lowest BCUT2D eigenvalue weighted by Gasteiger charge is -2.08. The third kappa shape index (κ3) is 2.96. The molecular formula is C10H13NO4S. The molecule has 6 heteroatoms. The summed E-state index contributed by atoms with van der Waals surface area (Å²) in [5.41, 5.74) is 6.91. The fourth-order valence-electron chi connectivity index (χ4n) is 1.37. The number of benzene rings is 1. The molecule has 0 bridgehead atoms. The van der Waals surface area contributed by atoms with E-state index in [1.807, 2.05) is 6.92 Å². The van der Waals surface area contributed by atoms with Crippen LogP contribution in [-0.2, 0) is 20.7 Å². The molecule has 0 aromatic heterocycles. The topological polar surface area (TPSA) is 86.5 Å². The molecule has 0 amide bonds. The number of rotatable bonds is 3. The molecule has 1 aromatic carbocycles. The minimum absolute atomic E-state index is 0.188. The fraction of sp³-hybridized carbons (Fsp3) is 0.300. The van der Waals surface area contributed by atoms with Gasteiger partial charge in [0.05, 0.1) is 11.8 Å². The zero-order chi connectivity index (χ0) is 12.3. The summed E-state index contributed by atoms with van der Waals surface area (Å²) in [5.74, 6) is -0.897. The molecule has 0 radical (unpaired) electrons. The first-order valence-corrected chi connectivity index (χ1v) is 6.48. The molecule has 2 N–H and O–H groups in total. The number of carbonyl (C=O) groups is 1. The highest BCUT2D eigenvalue weighted by atomic mass is 32.2. The van der Waals surface area contributed by atoms with E-state index in [1.54, 1.807) is 12.1 Å². The minimum Gasteiger partial charge on any atom is -0.398 e. The lowest BCUT2D eigenvalue weighted by molar-refractivity contribution is 0.0747. The Balaban J connectivity index is 3.14. The summed E-state index contributed by atoms with van der Waals surface area (Å²) in [6.07, 6.45) is 1.35. The quantitative estimate of drug-likeness (QED) is 0.631. The van der Waals surface area contributed by atoms with E-state index in [-0.39, 0.29) is 5.56 Å². The highest BCUT2D eigenvalue weighted by Gasteiger charge is 2.17. The zero-order valence-electron chi connectivity index (χ0n) is 9.06. The van der Waals surface area contributed by atoms with Crippen molar-refractivity contribution in [2.45, 2.75) is 13.3 Å². The van der Waals surface area contributed by atoms with Crippen LogP contribution in [0.5, 0.6) is 0 Å². The Morgan fingerprint density at radius 3 is 2.56 bits per heavy atom. The van der Waals surface area contributed by atoms with Gasteiger partial charge in [-0.05, 0) is 24.1 Å². The van der Waals surface area contributed by atoms with Crippen LogP contribution in [0, 0.1) is 0 Å².